The molecule has 0 atom stereocenters. The normalized spacial score (nSPS) is 15.4. The first-order valence-corrected chi connectivity index (χ1v) is 10.1. The van der Waals surface area contributed by atoms with Crippen LogP contribution in [0.3, 0.4) is 0 Å². The number of rotatable bonds is 7. The summed E-state index contributed by atoms with van der Waals surface area (Å²) in [4.78, 5) is 39.3. The Bertz CT molecular complexity index is 798. The molecule has 1 saturated heterocycles. The molecule has 172 valence electrons. The van der Waals surface area contributed by atoms with Crippen LogP contribution < -0.4 is 16.0 Å². The van der Waals surface area contributed by atoms with Crippen LogP contribution in [0, 0.1) is 0 Å². The minimum atomic E-state index is -4.61. The lowest BCUT2D eigenvalue weighted by molar-refractivity contribution is -0.137. The van der Waals surface area contributed by atoms with Gasteiger partial charge in [-0.05, 0) is 24.6 Å². The lowest BCUT2D eigenvalue weighted by Gasteiger charge is -2.33. The maximum atomic E-state index is 12.9. The Hall–Kier alpha value is -2.37. The molecule has 4 amide bonds. The molecule has 8 nitrogen and oxygen atoms in total. The number of halogens is 4. The summed E-state index contributed by atoms with van der Waals surface area (Å²) in [6, 6.07) is 2.67. The zero-order valence-electron chi connectivity index (χ0n) is 17.0. The third kappa shape index (κ3) is 8.35. The van der Waals surface area contributed by atoms with Gasteiger partial charge >= 0.3 is 12.2 Å². The van der Waals surface area contributed by atoms with Gasteiger partial charge in [-0.2, -0.15) is 13.2 Å². The number of anilines is 1. The van der Waals surface area contributed by atoms with Crippen molar-refractivity contribution in [2.24, 2.45) is 0 Å². The van der Waals surface area contributed by atoms with Crippen LogP contribution in [0.5, 0.6) is 0 Å². The Balaban J connectivity index is 1.76. The second kappa shape index (κ2) is 11.3. The first-order chi connectivity index (χ1) is 14.6. The number of nitrogens with zero attached hydrogens (tertiary/aromatic N) is 2. The first kappa shape index (κ1) is 24.9. The van der Waals surface area contributed by atoms with Crippen LogP contribution in [0.15, 0.2) is 18.2 Å². The van der Waals surface area contributed by atoms with Crippen LogP contribution in [0.2, 0.25) is 5.02 Å². The minimum absolute atomic E-state index is 0.00341. The summed E-state index contributed by atoms with van der Waals surface area (Å²) in [5.74, 6) is -0.864. The molecule has 0 radical (unpaired) electrons. The molecule has 1 heterocycles. The fourth-order valence-corrected chi connectivity index (χ4v) is 3.21. The second-order valence-electron chi connectivity index (χ2n) is 7.10. The van der Waals surface area contributed by atoms with Crippen LogP contribution in [0.4, 0.5) is 23.7 Å². The molecule has 1 aliphatic rings. The molecular weight excluding hydrogens is 439 g/mol. The standard InChI is InChI=1S/C19H25ClF3N5O3/c1-2-5-24-18(31)26-17(30)12-28-8-6-27(7-9-28)11-16(29)25-13-3-4-15(20)14(10-13)19(21,22)23/h3-4,10H,2,5-9,11-12H2,1H3,(H,25,29)(H2,24,26,30,31). The van der Waals surface area contributed by atoms with E-state index in [0.717, 1.165) is 18.6 Å². The van der Waals surface area contributed by atoms with Crippen LogP contribution in [-0.2, 0) is 15.8 Å². The van der Waals surface area contributed by atoms with Gasteiger partial charge in [0.1, 0.15) is 0 Å². The monoisotopic (exact) mass is 463 g/mol. The topological polar surface area (TPSA) is 93.8 Å². The highest BCUT2D eigenvalue weighted by atomic mass is 35.5. The SMILES string of the molecule is CCCNC(=O)NC(=O)CN1CCN(CC(=O)Nc2ccc(Cl)c(C(F)(F)F)c2)CC1. The summed E-state index contributed by atoms with van der Waals surface area (Å²) in [6.07, 6.45) is -3.85. The number of imide groups is 1. The molecule has 0 bridgehead atoms. The molecule has 0 saturated carbocycles. The van der Waals surface area contributed by atoms with Crippen molar-refractivity contribution >= 4 is 35.1 Å². The van der Waals surface area contributed by atoms with E-state index in [-0.39, 0.29) is 18.8 Å². The van der Waals surface area contributed by atoms with E-state index >= 15 is 0 Å². The number of carbonyl (C=O) groups excluding carboxylic acids is 3. The number of amides is 4. The Labute approximate surface area is 183 Å². The van der Waals surface area contributed by atoms with Gasteiger partial charge in [0.15, 0.2) is 0 Å². The molecule has 0 spiro atoms. The van der Waals surface area contributed by atoms with E-state index < -0.39 is 34.6 Å². The van der Waals surface area contributed by atoms with Gasteiger partial charge in [0, 0.05) is 38.4 Å². The van der Waals surface area contributed by atoms with E-state index in [2.05, 4.69) is 16.0 Å². The van der Waals surface area contributed by atoms with E-state index in [9.17, 15) is 27.6 Å². The van der Waals surface area contributed by atoms with E-state index in [0.29, 0.717) is 32.7 Å². The average molecular weight is 464 g/mol. The summed E-state index contributed by atoms with van der Waals surface area (Å²) in [7, 11) is 0. The lowest BCUT2D eigenvalue weighted by Crippen LogP contribution is -2.52. The third-order valence-corrected chi connectivity index (χ3v) is 4.87. The number of alkyl halides is 3. The Morgan fingerprint density at radius 2 is 1.61 bits per heavy atom. The first-order valence-electron chi connectivity index (χ1n) is 9.77. The van der Waals surface area contributed by atoms with Gasteiger partial charge in [-0.15, -0.1) is 0 Å². The van der Waals surface area contributed by atoms with Gasteiger partial charge in [-0.3, -0.25) is 24.7 Å². The fourth-order valence-electron chi connectivity index (χ4n) is 2.98. The molecule has 2 rings (SSSR count). The van der Waals surface area contributed by atoms with Crippen molar-refractivity contribution < 1.29 is 27.6 Å². The predicted molar refractivity (Wildman–Crippen MR) is 110 cm³/mol. The molecule has 1 aromatic rings. The summed E-state index contributed by atoms with van der Waals surface area (Å²) in [6.45, 7) is 4.46. The highest BCUT2D eigenvalue weighted by molar-refractivity contribution is 6.31. The molecule has 1 fully saturated rings. The molecule has 12 heteroatoms. The van der Waals surface area contributed by atoms with Crippen molar-refractivity contribution in [2.45, 2.75) is 19.5 Å². The Kier molecular flexibility index (Phi) is 9.08. The molecule has 31 heavy (non-hydrogen) atoms. The van der Waals surface area contributed by atoms with Gasteiger partial charge < -0.3 is 10.6 Å². The lowest BCUT2D eigenvalue weighted by atomic mass is 10.2. The number of hydrogen-bond donors (Lipinski definition) is 3. The quantitative estimate of drug-likeness (QED) is 0.576. The predicted octanol–water partition coefficient (Wildman–Crippen LogP) is 2.15. The number of benzene rings is 1. The highest BCUT2D eigenvalue weighted by Gasteiger charge is 2.33. The molecule has 3 N–H and O–H groups in total. The van der Waals surface area contributed by atoms with Crippen molar-refractivity contribution in [3.8, 4) is 0 Å². The molecular formula is C19H25ClF3N5O3. The van der Waals surface area contributed by atoms with Gasteiger partial charge in [-0.25, -0.2) is 4.79 Å². The van der Waals surface area contributed by atoms with Crippen molar-refractivity contribution in [1.29, 1.82) is 0 Å². The Morgan fingerprint density at radius 1 is 1.03 bits per heavy atom. The number of hydrogen-bond acceptors (Lipinski definition) is 5. The average Bonchev–Trinajstić information content (AvgIpc) is 2.68. The summed E-state index contributed by atoms with van der Waals surface area (Å²) < 4.78 is 38.8. The summed E-state index contributed by atoms with van der Waals surface area (Å²) in [5.41, 5.74) is -0.999. The van der Waals surface area contributed by atoms with Crippen molar-refractivity contribution in [1.82, 2.24) is 20.4 Å². The van der Waals surface area contributed by atoms with Crippen molar-refractivity contribution in [2.75, 3.05) is 51.1 Å². The van der Waals surface area contributed by atoms with E-state index in [1.165, 1.54) is 6.07 Å². The van der Waals surface area contributed by atoms with Crippen LogP contribution >= 0.6 is 11.6 Å². The van der Waals surface area contributed by atoms with Crippen molar-refractivity contribution in [3.05, 3.63) is 28.8 Å². The van der Waals surface area contributed by atoms with Gasteiger partial charge in [-0.1, -0.05) is 18.5 Å². The Morgan fingerprint density at radius 3 is 2.16 bits per heavy atom. The van der Waals surface area contributed by atoms with Gasteiger partial charge in [0.05, 0.1) is 23.7 Å². The smallest absolute Gasteiger partial charge is 0.338 e. The number of urea groups is 1. The molecule has 0 aliphatic carbocycles. The van der Waals surface area contributed by atoms with E-state index in [1.54, 1.807) is 0 Å². The molecule has 1 aliphatic heterocycles. The summed E-state index contributed by atoms with van der Waals surface area (Å²) >= 11 is 5.58. The van der Waals surface area contributed by atoms with E-state index in [1.807, 2.05) is 16.7 Å². The highest BCUT2D eigenvalue weighted by Crippen LogP contribution is 2.36. The molecule has 1 aromatic carbocycles. The van der Waals surface area contributed by atoms with Crippen LogP contribution in [0.1, 0.15) is 18.9 Å². The molecule has 0 unspecified atom stereocenters. The van der Waals surface area contributed by atoms with Crippen molar-refractivity contribution in [3.63, 3.8) is 0 Å². The summed E-state index contributed by atoms with van der Waals surface area (Å²) in [5, 5.41) is 6.82. The minimum Gasteiger partial charge on any atom is -0.338 e. The number of nitrogens with one attached hydrogen (secondary N) is 3. The zero-order valence-corrected chi connectivity index (χ0v) is 17.8. The van der Waals surface area contributed by atoms with E-state index in [4.69, 9.17) is 11.6 Å². The van der Waals surface area contributed by atoms with Crippen LogP contribution in [0.25, 0.3) is 0 Å². The largest absolute Gasteiger partial charge is 0.417 e. The van der Waals surface area contributed by atoms with Crippen LogP contribution in [-0.4, -0.2) is 73.5 Å². The van der Waals surface area contributed by atoms with Gasteiger partial charge in [0.25, 0.3) is 0 Å². The second-order valence-corrected chi connectivity index (χ2v) is 7.50. The fraction of sp³-hybridized carbons (Fsp3) is 0.526. The maximum Gasteiger partial charge on any atom is 0.417 e. The maximum absolute atomic E-state index is 12.9. The van der Waals surface area contributed by atoms with Gasteiger partial charge in [0.2, 0.25) is 11.8 Å². The number of piperazine rings is 1. The third-order valence-electron chi connectivity index (χ3n) is 4.54. The number of carbonyl (C=O) groups is 3. The zero-order chi connectivity index (χ0) is 23.0. The molecule has 0 aromatic heterocycles.